The number of aromatic nitrogens is 1. The van der Waals surface area contributed by atoms with Crippen LogP contribution in [0.1, 0.15) is 44.3 Å². The van der Waals surface area contributed by atoms with Crippen LogP contribution in [0.25, 0.3) is 0 Å². The number of carboxylic acids is 1. The highest BCUT2D eigenvalue weighted by atomic mass is 35.5. The van der Waals surface area contributed by atoms with Crippen LogP contribution in [0.5, 0.6) is 5.75 Å². The number of aliphatic hydroxyl groups is 1. The SMILES string of the molecule is Cc1cc(S(=O)(=O)c2ccc(CCN(Cc3ccccc3)C[C@@H](O)c3ccc(Cl)nc3)cc2)cc(C(=O)O)c1OCc1ccccc1. The zero-order valence-electron chi connectivity index (χ0n) is 25.8. The molecule has 0 unspecified atom stereocenters. The minimum Gasteiger partial charge on any atom is -0.488 e. The molecule has 1 heterocycles. The second kappa shape index (κ2) is 15.4. The standard InChI is InChI=1S/C37H35ClN2O6S/c1-26-20-32(21-33(37(42)43)36(26)46-25-29-10-6-3-7-11-29)47(44,45)31-15-12-27(13-16-31)18-19-40(23-28-8-4-2-5-9-28)24-34(41)30-14-17-35(38)39-22-30/h2-17,20-22,34,41H,18-19,23-25H2,1H3,(H,42,43)/t34-/m1/s1. The summed E-state index contributed by atoms with van der Waals surface area (Å²) >= 11 is 5.92. The van der Waals surface area contributed by atoms with Crippen molar-refractivity contribution in [3.8, 4) is 5.75 Å². The molecular formula is C37H35ClN2O6S. The summed E-state index contributed by atoms with van der Waals surface area (Å²) in [5, 5.41) is 21.2. The number of rotatable bonds is 14. The Labute approximate surface area is 279 Å². The Morgan fingerprint density at radius 2 is 1.53 bits per heavy atom. The molecule has 1 aromatic heterocycles. The van der Waals surface area contributed by atoms with E-state index in [4.69, 9.17) is 16.3 Å². The summed E-state index contributed by atoms with van der Waals surface area (Å²) in [5.41, 5.74) is 3.73. The number of ether oxygens (including phenoxy) is 1. The van der Waals surface area contributed by atoms with Crippen molar-refractivity contribution in [2.75, 3.05) is 13.1 Å². The average molecular weight is 671 g/mol. The normalized spacial score (nSPS) is 12.2. The summed E-state index contributed by atoms with van der Waals surface area (Å²) in [6, 6.07) is 31.9. The molecule has 0 saturated heterocycles. The minimum absolute atomic E-state index is 0.0572. The van der Waals surface area contributed by atoms with E-state index in [9.17, 15) is 23.4 Å². The maximum absolute atomic E-state index is 13.6. The van der Waals surface area contributed by atoms with Gasteiger partial charge in [-0.2, -0.15) is 0 Å². The van der Waals surface area contributed by atoms with Crippen molar-refractivity contribution in [1.82, 2.24) is 9.88 Å². The molecule has 0 aliphatic heterocycles. The van der Waals surface area contributed by atoms with Gasteiger partial charge in [0, 0.05) is 31.4 Å². The van der Waals surface area contributed by atoms with E-state index in [1.807, 2.05) is 60.7 Å². The smallest absolute Gasteiger partial charge is 0.339 e. The number of hydrogen-bond acceptors (Lipinski definition) is 7. The first-order valence-corrected chi connectivity index (χ1v) is 16.9. The first-order valence-electron chi connectivity index (χ1n) is 15.0. The molecular weight excluding hydrogens is 636 g/mol. The highest BCUT2D eigenvalue weighted by Gasteiger charge is 2.24. The largest absolute Gasteiger partial charge is 0.488 e. The second-order valence-corrected chi connectivity index (χ2v) is 13.6. The third-order valence-corrected chi connectivity index (χ3v) is 9.75. The number of carbonyl (C=O) groups is 1. The summed E-state index contributed by atoms with van der Waals surface area (Å²) in [5.74, 6) is -1.14. The molecule has 0 saturated carbocycles. The quantitative estimate of drug-likeness (QED) is 0.122. The van der Waals surface area contributed by atoms with Crippen molar-refractivity contribution in [2.24, 2.45) is 0 Å². The van der Waals surface area contributed by atoms with Gasteiger partial charge in [-0.3, -0.25) is 4.90 Å². The van der Waals surface area contributed by atoms with Crippen molar-refractivity contribution in [1.29, 1.82) is 0 Å². The Morgan fingerprint density at radius 1 is 0.872 bits per heavy atom. The number of hydrogen-bond donors (Lipinski definition) is 2. The van der Waals surface area contributed by atoms with E-state index in [1.54, 1.807) is 37.4 Å². The lowest BCUT2D eigenvalue weighted by Crippen LogP contribution is -2.30. The summed E-state index contributed by atoms with van der Waals surface area (Å²) < 4.78 is 33.1. The Kier molecular flexibility index (Phi) is 11.1. The lowest BCUT2D eigenvalue weighted by atomic mass is 10.1. The van der Waals surface area contributed by atoms with Crippen molar-refractivity contribution in [2.45, 2.75) is 42.4 Å². The monoisotopic (exact) mass is 670 g/mol. The molecule has 2 N–H and O–H groups in total. The molecule has 0 aliphatic carbocycles. The summed E-state index contributed by atoms with van der Waals surface area (Å²) in [7, 11) is -4.02. The van der Waals surface area contributed by atoms with Gasteiger partial charge in [0.05, 0.1) is 15.9 Å². The highest BCUT2D eigenvalue weighted by molar-refractivity contribution is 7.91. The fourth-order valence-corrected chi connectivity index (χ4v) is 6.73. The molecule has 0 fully saturated rings. The van der Waals surface area contributed by atoms with Crippen LogP contribution >= 0.6 is 11.6 Å². The molecule has 8 nitrogen and oxygen atoms in total. The van der Waals surface area contributed by atoms with Gasteiger partial charge in [0.15, 0.2) is 0 Å². The van der Waals surface area contributed by atoms with Crippen LogP contribution in [-0.2, 0) is 29.4 Å². The van der Waals surface area contributed by atoms with Crippen LogP contribution in [0, 0.1) is 6.92 Å². The first-order chi connectivity index (χ1) is 22.6. The van der Waals surface area contributed by atoms with Crippen LogP contribution in [0.2, 0.25) is 5.15 Å². The van der Waals surface area contributed by atoms with Gasteiger partial charge in [0.1, 0.15) is 23.1 Å². The Morgan fingerprint density at radius 3 is 2.15 bits per heavy atom. The fourth-order valence-electron chi connectivity index (χ4n) is 5.25. The topological polar surface area (TPSA) is 117 Å². The van der Waals surface area contributed by atoms with Crippen LogP contribution in [0.3, 0.4) is 0 Å². The van der Waals surface area contributed by atoms with Gasteiger partial charge in [-0.05, 0) is 65.9 Å². The zero-order chi connectivity index (χ0) is 33.4. The van der Waals surface area contributed by atoms with Crippen LogP contribution < -0.4 is 4.74 Å². The number of sulfone groups is 1. The summed E-state index contributed by atoms with van der Waals surface area (Å²) in [6.07, 6.45) is 1.40. The Bertz CT molecular complexity index is 1900. The molecule has 0 spiro atoms. The Hall–Kier alpha value is -4.54. The van der Waals surface area contributed by atoms with Crippen LogP contribution in [0.15, 0.2) is 125 Å². The van der Waals surface area contributed by atoms with Gasteiger partial charge in [-0.25, -0.2) is 18.2 Å². The molecule has 0 radical (unpaired) electrons. The van der Waals surface area contributed by atoms with Gasteiger partial charge in [0.25, 0.3) is 0 Å². The first kappa shape index (κ1) is 33.8. The second-order valence-electron chi connectivity index (χ2n) is 11.2. The van der Waals surface area contributed by atoms with Gasteiger partial charge in [0.2, 0.25) is 9.84 Å². The highest BCUT2D eigenvalue weighted by Crippen LogP contribution is 2.31. The number of aromatic carboxylic acids is 1. The third kappa shape index (κ3) is 8.84. The lowest BCUT2D eigenvalue weighted by molar-refractivity contribution is 0.0691. The minimum atomic E-state index is -4.02. The lowest BCUT2D eigenvalue weighted by Gasteiger charge is -2.25. The predicted molar refractivity (Wildman–Crippen MR) is 180 cm³/mol. The van der Waals surface area contributed by atoms with Crippen LogP contribution in [-0.4, -0.2) is 47.6 Å². The number of nitrogens with zero attached hydrogens (tertiary/aromatic N) is 2. The van der Waals surface area contributed by atoms with E-state index in [0.717, 1.165) is 22.8 Å². The maximum atomic E-state index is 13.6. The van der Waals surface area contributed by atoms with Crippen molar-refractivity contribution in [3.63, 3.8) is 0 Å². The number of halogens is 1. The molecule has 0 amide bonds. The van der Waals surface area contributed by atoms with Gasteiger partial charge in [-0.15, -0.1) is 0 Å². The summed E-state index contributed by atoms with van der Waals surface area (Å²) in [6.45, 7) is 3.36. The summed E-state index contributed by atoms with van der Waals surface area (Å²) in [4.78, 5) is 18.3. The van der Waals surface area contributed by atoms with E-state index in [1.165, 1.54) is 18.2 Å². The Balaban J connectivity index is 1.30. The van der Waals surface area contributed by atoms with E-state index in [2.05, 4.69) is 9.88 Å². The number of benzene rings is 4. The van der Waals surface area contributed by atoms with Crippen molar-refractivity contribution >= 4 is 27.4 Å². The number of carboxylic acid groups (broad SMARTS) is 1. The molecule has 4 aromatic carbocycles. The molecule has 10 heteroatoms. The molecule has 1 atom stereocenters. The molecule has 242 valence electrons. The maximum Gasteiger partial charge on any atom is 0.339 e. The van der Waals surface area contributed by atoms with Gasteiger partial charge >= 0.3 is 5.97 Å². The van der Waals surface area contributed by atoms with Crippen LogP contribution in [0.4, 0.5) is 0 Å². The van der Waals surface area contributed by atoms with E-state index >= 15 is 0 Å². The zero-order valence-corrected chi connectivity index (χ0v) is 27.4. The number of pyridine rings is 1. The van der Waals surface area contributed by atoms with E-state index in [0.29, 0.717) is 42.3 Å². The predicted octanol–water partition coefficient (Wildman–Crippen LogP) is 6.93. The van der Waals surface area contributed by atoms with Gasteiger partial charge < -0.3 is 14.9 Å². The third-order valence-electron chi connectivity index (χ3n) is 7.78. The molecule has 47 heavy (non-hydrogen) atoms. The number of aliphatic hydroxyl groups excluding tert-OH is 1. The van der Waals surface area contributed by atoms with E-state index in [-0.39, 0.29) is 27.7 Å². The number of aryl methyl sites for hydroxylation is 1. The fraction of sp³-hybridized carbons (Fsp3) is 0.189. The average Bonchev–Trinajstić information content (AvgIpc) is 3.07. The molecule has 5 rings (SSSR count). The van der Waals surface area contributed by atoms with Crippen molar-refractivity contribution < 1.29 is 28.2 Å². The molecule has 0 bridgehead atoms. The molecule has 0 aliphatic rings. The van der Waals surface area contributed by atoms with Gasteiger partial charge in [-0.1, -0.05) is 90.5 Å². The molecule has 5 aromatic rings. The van der Waals surface area contributed by atoms with Crippen molar-refractivity contribution in [3.05, 3.63) is 154 Å². The van der Waals surface area contributed by atoms with E-state index < -0.39 is 21.9 Å².